The van der Waals surface area contributed by atoms with Crippen LogP contribution in [0.15, 0.2) is 22.5 Å². The fraction of sp³-hybridized carbons (Fsp3) is 0.762. The fourth-order valence-corrected chi connectivity index (χ4v) is 3.65. The van der Waals surface area contributed by atoms with Crippen LogP contribution in [-0.2, 0) is 0 Å². The number of rotatable bonds is 4. The van der Waals surface area contributed by atoms with Gasteiger partial charge in [0.1, 0.15) is 0 Å². The molecule has 0 saturated carbocycles. The molecular weight excluding hydrogens is 296 g/mol. The van der Waals surface area contributed by atoms with Gasteiger partial charge in [-0.3, -0.25) is 4.90 Å². The molecule has 3 nitrogen and oxygen atoms in total. The number of amides is 2. The lowest BCUT2D eigenvalue weighted by Crippen LogP contribution is -2.44. The van der Waals surface area contributed by atoms with Crippen LogP contribution < -0.4 is 5.32 Å². The van der Waals surface area contributed by atoms with E-state index in [0.717, 1.165) is 5.70 Å². The number of carbonyl (C=O) groups is 1. The molecule has 0 aromatic rings. The first kappa shape index (κ1) is 20.8. The molecule has 1 aliphatic heterocycles. The minimum atomic E-state index is -0.107. The largest absolute Gasteiger partial charge is 0.326 e. The van der Waals surface area contributed by atoms with Crippen LogP contribution in [0.25, 0.3) is 0 Å². The first-order valence-electron chi connectivity index (χ1n) is 9.39. The molecule has 0 fully saturated rings. The van der Waals surface area contributed by atoms with E-state index in [1.54, 1.807) is 0 Å². The Balaban J connectivity index is 3.94. The number of hydrogen-bond donors (Lipinski definition) is 1. The summed E-state index contributed by atoms with van der Waals surface area (Å²) < 4.78 is 0. The second-order valence-electron chi connectivity index (χ2n) is 9.20. The van der Waals surface area contributed by atoms with Crippen LogP contribution in [0.2, 0.25) is 0 Å². The number of nitrogens with zero attached hydrogens (tertiary/aromatic N) is 1. The van der Waals surface area contributed by atoms with Gasteiger partial charge in [0, 0.05) is 22.9 Å². The highest BCUT2D eigenvalue weighted by Crippen LogP contribution is 2.41. The maximum Gasteiger partial charge on any atom is 0.326 e. The van der Waals surface area contributed by atoms with Gasteiger partial charge in [-0.05, 0) is 42.7 Å². The van der Waals surface area contributed by atoms with Gasteiger partial charge in [0.05, 0.1) is 0 Å². The minimum absolute atomic E-state index is 0.00688. The number of nitrogens with one attached hydrogen (secondary N) is 1. The highest BCUT2D eigenvalue weighted by atomic mass is 16.2. The quantitative estimate of drug-likeness (QED) is 0.677. The average Bonchev–Trinajstić information content (AvgIpc) is 2.51. The van der Waals surface area contributed by atoms with Crippen LogP contribution in [0.5, 0.6) is 0 Å². The van der Waals surface area contributed by atoms with Crippen molar-refractivity contribution in [3.63, 3.8) is 0 Å². The van der Waals surface area contributed by atoms with E-state index in [1.165, 1.54) is 16.8 Å². The van der Waals surface area contributed by atoms with Crippen molar-refractivity contribution in [1.29, 1.82) is 0 Å². The van der Waals surface area contributed by atoms with Gasteiger partial charge < -0.3 is 5.32 Å². The molecule has 3 heteroatoms. The molecule has 1 heterocycles. The molecule has 0 aromatic heterocycles. The molecule has 0 atom stereocenters. The van der Waals surface area contributed by atoms with Crippen molar-refractivity contribution >= 4 is 6.03 Å². The van der Waals surface area contributed by atoms with Crippen LogP contribution >= 0.6 is 0 Å². The zero-order chi connectivity index (χ0) is 19.0. The van der Waals surface area contributed by atoms with Gasteiger partial charge in [-0.2, -0.15) is 0 Å². The number of hydrogen-bond acceptors (Lipinski definition) is 1. The van der Waals surface area contributed by atoms with Crippen molar-refractivity contribution in [2.24, 2.45) is 23.2 Å². The molecule has 0 aromatic carbocycles. The fourth-order valence-electron chi connectivity index (χ4n) is 3.65. The molecule has 0 spiro atoms. The van der Waals surface area contributed by atoms with Crippen LogP contribution in [0, 0.1) is 23.2 Å². The highest BCUT2D eigenvalue weighted by Gasteiger charge is 2.37. The SMILES string of the molecule is CC(C)C1=C(C(C)C)N(C(C)C)C(=O)NC(C(C)(C)C)=C1C(C)C. The molecule has 0 bridgehead atoms. The summed E-state index contributed by atoms with van der Waals surface area (Å²) in [7, 11) is 0. The first-order valence-corrected chi connectivity index (χ1v) is 9.39. The van der Waals surface area contributed by atoms with Gasteiger partial charge in [-0.25, -0.2) is 4.79 Å². The van der Waals surface area contributed by atoms with Crippen LogP contribution in [0.4, 0.5) is 4.79 Å². The molecule has 0 unspecified atom stereocenters. The summed E-state index contributed by atoms with van der Waals surface area (Å²) in [5.74, 6) is 1.02. The molecule has 138 valence electrons. The minimum Gasteiger partial charge on any atom is -0.310 e. The van der Waals surface area contributed by atoms with Crippen LogP contribution in [-0.4, -0.2) is 17.0 Å². The Morgan fingerprint density at radius 2 is 1.25 bits per heavy atom. The monoisotopic (exact) mass is 334 g/mol. The van der Waals surface area contributed by atoms with Gasteiger partial charge in [0.2, 0.25) is 0 Å². The van der Waals surface area contributed by atoms with Gasteiger partial charge >= 0.3 is 6.03 Å². The van der Waals surface area contributed by atoms with E-state index >= 15 is 0 Å². The summed E-state index contributed by atoms with van der Waals surface area (Å²) in [6.07, 6.45) is 0. The summed E-state index contributed by atoms with van der Waals surface area (Å²) in [5, 5.41) is 3.28. The predicted octanol–water partition coefficient (Wildman–Crippen LogP) is 5.94. The normalized spacial score (nSPS) is 17.6. The van der Waals surface area contributed by atoms with E-state index in [1.807, 2.05) is 4.90 Å². The van der Waals surface area contributed by atoms with E-state index in [4.69, 9.17) is 0 Å². The number of allylic oxidation sites excluding steroid dienone is 4. The maximum absolute atomic E-state index is 13.1. The average molecular weight is 335 g/mol. The summed E-state index contributed by atoms with van der Waals surface area (Å²) in [4.78, 5) is 15.1. The summed E-state index contributed by atoms with van der Waals surface area (Å²) in [6.45, 7) is 24.1. The van der Waals surface area contributed by atoms with E-state index in [0.29, 0.717) is 17.8 Å². The molecular formula is C21H38N2O. The lowest BCUT2D eigenvalue weighted by atomic mass is 9.78. The Morgan fingerprint density at radius 1 is 0.792 bits per heavy atom. The second kappa shape index (κ2) is 7.33. The van der Waals surface area contributed by atoms with Gasteiger partial charge in [-0.15, -0.1) is 0 Å². The topological polar surface area (TPSA) is 32.3 Å². The lowest BCUT2D eigenvalue weighted by molar-refractivity contribution is 0.195. The molecule has 1 rings (SSSR count). The molecule has 2 amide bonds. The van der Waals surface area contributed by atoms with Crippen molar-refractivity contribution in [2.75, 3.05) is 0 Å². The lowest BCUT2D eigenvalue weighted by Gasteiger charge is -2.33. The number of urea groups is 1. The van der Waals surface area contributed by atoms with E-state index in [9.17, 15) is 4.79 Å². The van der Waals surface area contributed by atoms with Gasteiger partial charge in [-0.1, -0.05) is 62.3 Å². The Labute approximate surface area is 149 Å². The third-order valence-electron chi connectivity index (χ3n) is 4.51. The van der Waals surface area contributed by atoms with Crippen molar-refractivity contribution in [3.05, 3.63) is 22.5 Å². The van der Waals surface area contributed by atoms with Crippen LogP contribution in [0.1, 0.15) is 76.2 Å². The van der Waals surface area contributed by atoms with Crippen molar-refractivity contribution in [2.45, 2.75) is 82.2 Å². The first-order chi connectivity index (χ1) is 10.8. The highest BCUT2D eigenvalue weighted by molar-refractivity contribution is 5.81. The third-order valence-corrected chi connectivity index (χ3v) is 4.51. The molecule has 0 aliphatic carbocycles. The van der Waals surface area contributed by atoms with Crippen molar-refractivity contribution < 1.29 is 4.79 Å². The molecule has 0 radical (unpaired) electrons. The smallest absolute Gasteiger partial charge is 0.310 e. The Morgan fingerprint density at radius 3 is 1.54 bits per heavy atom. The summed E-state index contributed by atoms with van der Waals surface area (Å²) in [5.41, 5.74) is 4.81. The zero-order valence-electron chi connectivity index (χ0n) is 17.7. The summed E-state index contributed by atoms with van der Waals surface area (Å²) in [6, 6.07) is 0.135. The van der Waals surface area contributed by atoms with E-state index < -0.39 is 0 Å². The Hall–Kier alpha value is -1.25. The molecule has 0 saturated heterocycles. The van der Waals surface area contributed by atoms with E-state index in [2.05, 4.69) is 81.5 Å². The van der Waals surface area contributed by atoms with Crippen LogP contribution in [0.3, 0.4) is 0 Å². The zero-order valence-corrected chi connectivity index (χ0v) is 17.7. The molecule has 1 aliphatic rings. The Bertz CT molecular complexity index is 543. The second-order valence-corrected chi connectivity index (χ2v) is 9.20. The third kappa shape index (κ3) is 4.04. The van der Waals surface area contributed by atoms with Crippen molar-refractivity contribution in [1.82, 2.24) is 10.2 Å². The predicted molar refractivity (Wildman–Crippen MR) is 104 cm³/mol. The standard InChI is InChI=1S/C21H38N2O/c1-12(2)16-17(13(3)4)19(21(9,10)11)22-20(24)23(15(7)8)18(16)14(5)6/h12-15H,1-11H3,(H,22,24). The molecule has 1 N–H and O–H groups in total. The summed E-state index contributed by atoms with van der Waals surface area (Å²) >= 11 is 0. The maximum atomic E-state index is 13.1. The van der Waals surface area contributed by atoms with Crippen molar-refractivity contribution in [3.8, 4) is 0 Å². The van der Waals surface area contributed by atoms with Gasteiger partial charge in [0.25, 0.3) is 0 Å². The van der Waals surface area contributed by atoms with E-state index in [-0.39, 0.29) is 17.5 Å². The number of carbonyl (C=O) groups excluding carboxylic acids is 1. The Kier molecular flexibility index (Phi) is 6.35. The molecule has 24 heavy (non-hydrogen) atoms. The van der Waals surface area contributed by atoms with Gasteiger partial charge in [0.15, 0.2) is 0 Å².